The van der Waals surface area contributed by atoms with Crippen LogP contribution in [0.4, 0.5) is 0 Å². The summed E-state index contributed by atoms with van der Waals surface area (Å²) < 4.78 is 4.57. The Kier molecular flexibility index (Phi) is 3.35. The molecule has 0 fully saturated rings. The second-order valence-electron chi connectivity index (χ2n) is 1.29. The molecule has 1 aromatic heterocycles. The third-order valence-electron chi connectivity index (χ3n) is 0.748. The second kappa shape index (κ2) is 3.54. The maximum absolute atomic E-state index is 10.2. The fourth-order valence-electron chi connectivity index (χ4n) is 0.376. The van der Waals surface area contributed by atoms with E-state index in [0.29, 0.717) is 5.56 Å². The van der Waals surface area contributed by atoms with Crippen LogP contribution in [-0.2, 0) is 0 Å². The molecule has 0 bridgehead atoms. The van der Waals surface area contributed by atoms with Gasteiger partial charge in [0, 0.05) is 0 Å². The normalized spacial score (nSPS) is 8.11. The summed E-state index contributed by atoms with van der Waals surface area (Å²) in [5.41, 5.74) is 0.395. The standard InChI is InChI=1S/C5H3ClO2.ClH/c6-5(7)4-1-2-8-3-4;/h1-3H;1H. The second-order valence-corrected chi connectivity index (χ2v) is 1.63. The number of carbonyl (C=O) groups excluding carboxylic acids is 1. The molecule has 0 saturated heterocycles. The molecule has 2 nitrogen and oxygen atoms in total. The van der Waals surface area contributed by atoms with Crippen molar-refractivity contribution in [3.8, 4) is 0 Å². The quantitative estimate of drug-likeness (QED) is 0.599. The van der Waals surface area contributed by atoms with Crippen LogP contribution in [0.25, 0.3) is 0 Å². The summed E-state index contributed by atoms with van der Waals surface area (Å²) in [6.07, 6.45) is 2.70. The van der Waals surface area contributed by atoms with Gasteiger partial charge in [-0.05, 0) is 17.7 Å². The maximum Gasteiger partial charge on any atom is 0.255 e. The maximum atomic E-state index is 10.2. The molecule has 0 aliphatic heterocycles. The topological polar surface area (TPSA) is 30.2 Å². The van der Waals surface area contributed by atoms with Crippen LogP contribution in [0.15, 0.2) is 23.0 Å². The van der Waals surface area contributed by atoms with Gasteiger partial charge in [-0.3, -0.25) is 4.79 Å². The van der Waals surface area contributed by atoms with Crippen molar-refractivity contribution in [1.82, 2.24) is 0 Å². The van der Waals surface area contributed by atoms with Crippen molar-refractivity contribution in [2.75, 3.05) is 0 Å². The van der Waals surface area contributed by atoms with Crippen molar-refractivity contribution in [2.45, 2.75) is 0 Å². The highest BCUT2D eigenvalue weighted by atomic mass is 35.5. The van der Waals surface area contributed by atoms with E-state index in [9.17, 15) is 4.79 Å². The highest BCUT2D eigenvalue weighted by Gasteiger charge is 1.99. The Hall–Kier alpha value is -0.470. The highest BCUT2D eigenvalue weighted by molar-refractivity contribution is 6.67. The summed E-state index contributed by atoms with van der Waals surface area (Å²) in [6, 6.07) is 1.51. The molecule has 0 unspecified atom stereocenters. The predicted molar refractivity (Wildman–Crippen MR) is 36.1 cm³/mol. The minimum atomic E-state index is -0.487. The molecule has 1 aromatic rings. The Morgan fingerprint density at radius 2 is 2.33 bits per heavy atom. The molecule has 1 rings (SSSR count). The smallest absolute Gasteiger partial charge is 0.255 e. The lowest BCUT2D eigenvalue weighted by atomic mass is 10.4. The Morgan fingerprint density at radius 1 is 1.67 bits per heavy atom. The molecular formula is C5H4Cl2O2. The summed E-state index contributed by atoms with van der Waals surface area (Å²) in [4.78, 5) is 10.2. The number of furan rings is 1. The zero-order valence-electron chi connectivity index (χ0n) is 4.33. The van der Waals surface area contributed by atoms with Crippen LogP contribution in [0.1, 0.15) is 10.4 Å². The van der Waals surface area contributed by atoms with Crippen LogP contribution in [0.2, 0.25) is 0 Å². The molecular weight excluding hydrogens is 163 g/mol. The molecule has 0 spiro atoms. The first-order chi connectivity index (χ1) is 3.80. The first-order valence-electron chi connectivity index (χ1n) is 2.03. The first-order valence-corrected chi connectivity index (χ1v) is 2.40. The zero-order chi connectivity index (χ0) is 5.98. The van der Waals surface area contributed by atoms with E-state index < -0.39 is 5.24 Å². The van der Waals surface area contributed by atoms with E-state index in [0.717, 1.165) is 0 Å². The van der Waals surface area contributed by atoms with E-state index in [1.54, 1.807) is 0 Å². The van der Waals surface area contributed by atoms with E-state index in [1.165, 1.54) is 18.6 Å². The van der Waals surface area contributed by atoms with Gasteiger partial charge in [-0.2, -0.15) is 0 Å². The number of hydrogen-bond acceptors (Lipinski definition) is 2. The third-order valence-corrected chi connectivity index (χ3v) is 0.966. The monoisotopic (exact) mass is 166 g/mol. The molecule has 0 aliphatic carbocycles. The Morgan fingerprint density at radius 3 is 2.56 bits per heavy atom. The van der Waals surface area contributed by atoms with Gasteiger partial charge >= 0.3 is 0 Å². The van der Waals surface area contributed by atoms with Crippen LogP contribution in [-0.4, -0.2) is 5.24 Å². The minimum Gasteiger partial charge on any atom is -0.472 e. The average Bonchev–Trinajstić information content (AvgIpc) is 2.12. The van der Waals surface area contributed by atoms with Crippen molar-refractivity contribution in [3.63, 3.8) is 0 Å². The van der Waals surface area contributed by atoms with Crippen molar-refractivity contribution in [1.29, 1.82) is 0 Å². The fraction of sp³-hybridized carbons (Fsp3) is 0. The predicted octanol–water partition coefficient (Wildman–Crippen LogP) is 2.08. The molecule has 4 heteroatoms. The van der Waals surface area contributed by atoms with E-state index in [4.69, 9.17) is 11.6 Å². The van der Waals surface area contributed by atoms with Gasteiger partial charge in [0.15, 0.2) is 0 Å². The third kappa shape index (κ3) is 2.08. The van der Waals surface area contributed by atoms with E-state index >= 15 is 0 Å². The Bertz CT molecular complexity index is 181. The molecule has 0 amide bonds. The van der Waals surface area contributed by atoms with Crippen molar-refractivity contribution in [3.05, 3.63) is 24.2 Å². The van der Waals surface area contributed by atoms with Crippen LogP contribution >= 0.6 is 24.0 Å². The molecule has 0 N–H and O–H groups in total. The van der Waals surface area contributed by atoms with Crippen LogP contribution in [0.5, 0.6) is 0 Å². The lowest BCUT2D eigenvalue weighted by Crippen LogP contribution is -1.80. The minimum absolute atomic E-state index is 0. The number of carbonyl (C=O) groups is 1. The number of hydrogen-bond donors (Lipinski definition) is 0. The van der Waals surface area contributed by atoms with Gasteiger partial charge in [0.1, 0.15) is 6.26 Å². The van der Waals surface area contributed by atoms with Crippen LogP contribution < -0.4 is 0 Å². The van der Waals surface area contributed by atoms with Crippen molar-refractivity contribution >= 4 is 29.3 Å². The molecule has 0 atom stereocenters. The van der Waals surface area contributed by atoms with E-state index in [1.807, 2.05) is 0 Å². The highest BCUT2D eigenvalue weighted by Crippen LogP contribution is 2.02. The molecule has 50 valence electrons. The number of rotatable bonds is 1. The summed E-state index contributed by atoms with van der Waals surface area (Å²) in [7, 11) is 0. The summed E-state index contributed by atoms with van der Waals surface area (Å²) >= 11 is 5.05. The zero-order valence-corrected chi connectivity index (χ0v) is 5.91. The van der Waals surface area contributed by atoms with Crippen molar-refractivity contribution < 1.29 is 9.21 Å². The van der Waals surface area contributed by atoms with Crippen molar-refractivity contribution in [2.24, 2.45) is 0 Å². The molecule has 0 radical (unpaired) electrons. The lowest BCUT2D eigenvalue weighted by Gasteiger charge is -1.75. The fourth-order valence-corrected chi connectivity index (χ4v) is 0.484. The van der Waals surface area contributed by atoms with Gasteiger partial charge in [0.2, 0.25) is 0 Å². The average molecular weight is 167 g/mol. The van der Waals surface area contributed by atoms with Gasteiger partial charge in [0.05, 0.1) is 11.8 Å². The largest absolute Gasteiger partial charge is 0.472 e. The molecule has 9 heavy (non-hydrogen) atoms. The van der Waals surface area contributed by atoms with E-state index in [2.05, 4.69) is 4.42 Å². The van der Waals surface area contributed by atoms with Gasteiger partial charge in [-0.15, -0.1) is 12.4 Å². The summed E-state index contributed by atoms with van der Waals surface area (Å²) in [5.74, 6) is 0. The van der Waals surface area contributed by atoms with Gasteiger partial charge in [-0.1, -0.05) is 0 Å². The Balaban J connectivity index is 0.000000640. The van der Waals surface area contributed by atoms with Crippen LogP contribution in [0.3, 0.4) is 0 Å². The Labute approximate surface area is 63.2 Å². The van der Waals surface area contributed by atoms with E-state index in [-0.39, 0.29) is 12.4 Å². The van der Waals surface area contributed by atoms with Gasteiger partial charge < -0.3 is 4.42 Å². The molecule has 0 saturated carbocycles. The van der Waals surface area contributed by atoms with Crippen LogP contribution in [0, 0.1) is 0 Å². The molecule has 1 heterocycles. The molecule has 0 aliphatic rings. The van der Waals surface area contributed by atoms with Gasteiger partial charge in [-0.25, -0.2) is 0 Å². The summed E-state index contributed by atoms with van der Waals surface area (Å²) in [5, 5.41) is -0.487. The number of halogens is 2. The summed E-state index contributed by atoms with van der Waals surface area (Å²) in [6.45, 7) is 0. The lowest BCUT2D eigenvalue weighted by molar-refractivity contribution is 0.108. The SMILES string of the molecule is Cl.O=C(Cl)c1ccoc1. The first kappa shape index (κ1) is 8.53. The van der Waals surface area contributed by atoms with Gasteiger partial charge in [0.25, 0.3) is 5.24 Å². The molecule has 0 aromatic carbocycles.